The van der Waals surface area contributed by atoms with Crippen molar-refractivity contribution in [2.24, 2.45) is 0 Å². The summed E-state index contributed by atoms with van der Waals surface area (Å²) in [5.74, 6) is -0.649. The Bertz CT molecular complexity index is 1200. The van der Waals surface area contributed by atoms with Crippen LogP contribution in [0.25, 0.3) is 10.8 Å². The fourth-order valence-electron chi connectivity index (χ4n) is 3.65. The van der Waals surface area contributed by atoms with Crippen molar-refractivity contribution in [3.05, 3.63) is 66.2 Å². The number of benzene rings is 3. The second kappa shape index (κ2) is 8.34. The van der Waals surface area contributed by atoms with Crippen molar-refractivity contribution in [3.63, 3.8) is 0 Å². The third-order valence-electron chi connectivity index (χ3n) is 5.00. The van der Waals surface area contributed by atoms with Crippen LogP contribution < -0.4 is 15.5 Å². The van der Waals surface area contributed by atoms with Crippen LogP contribution in [0, 0.1) is 0 Å². The monoisotopic (exact) mass is 431 g/mol. The molecule has 32 heavy (non-hydrogen) atoms. The molecule has 3 aromatic rings. The standard InChI is InChI=1S/C25H25N3O4/c1-25(2,3)32-24(31)26-15-16-8-11-18(12-9-16)28-20-13-10-17-6-4-5-7-19(17)23(20)27-21(29)14-22(28)30/h4-13H,14-15H2,1-3H3,(H,26,31)(H,27,29). The summed E-state index contributed by atoms with van der Waals surface area (Å²) in [6.07, 6.45) is -0.736. The van der Waals surface area contributed by atoms with Gasteiger partial charge in [-0.3, -0.25) is 14.5 Å². The smallest absolute Gasteiger partial charge is 0.407 e. The third kappa shape index (κ3) is 4.56. The van der Waals surface area contributed by atoms with E-state index in [4.69, 9.17) is 4.74 Å². The molecule has 3 amide bonds. The Morgan fingerprint density at radius 3 is 2.47 bits per heavy atom. The van der Waals surface area contributed by atoms with Gasteiger partial charge in [0.2, 0.25) is 11.8 Å². The first-order valence-corrected chi connectivity index (χ1v) is 10.4. The highest BCUT2D eigenvalue weighted by Crippen LogP contribution is 2.39. The van der Waals surface area contributed by atoms with Crippen LogP contribution in [-0.4, -0.2) is 23.5 Å². The molecule has 7 heteroatoms. The number of fused-ring (bicyclic) bond motifs is 3. The average Bonchev–Trinajstić information content (AvgIpc) is 2.86. The Kier molecular flexibility index (Phi) is 5.57. The van der Waals surface area contributed by atoms with Crippen LogP contribution in [0.3, 0.4) is 0 Å². The van der Waals surface area contributed by atoms with E-state index in [0.717, 1.165) is 16.3 Å². The number of rotatable bonds is 3. The lowest BCUT2D eigenvalue weighted by atomic mass is 10.1. The van der Waals surface area contributed by atoms with Gasteiger partial charge >= 0.3 is 6.09 Å². The maximum absolute atomic E-state index is 12.9. The van der Waals surface area contributed by atoms with Gasteiger partial charge in [-0.1, -0.05) is 42.5 Å². The van der Waals surface area contributed by atoms with E-state index in [9.17, 15) is 14.4 Å². The second-order valence-corrected chi connectivity index (χ2v) is 8.66. The molecule has 0 atom stereocenters. The number of nitrogens with one attached hydrogen (secondary N) is 2. The highest BCUT2D eigenvalue weighted by Gasteiger charge is 2.28. The van der Waals surface area contributed by atoms with Crippen LogP contribution in [0.4, 0.5) is 21.9 Å². The molecule has 0 bridgehead atoms. The molecular weight excluding hydrogens is 406 g/mol. The minimum absolute atomic E-state index is 0.245. The number of amides is 3. The zero-order valence-corrected chi connectivity index (χ0v) is 18.3. The molecule has 0 spiro atoms. The number of carbonyl (C=O) groups excluding carboxylic acids is 3. The van der Waals surface area contributed by atoms with Crippen LogP contribution in [0.5, 0.6) is 0 Å². The summed E-state index contributed by atoms with van der Waals surface area (Å²) in [4.78, 5) is 38.8. The summed E-state index contributed by atoms with van der Waals surface area (Å²) < 4.78 is 5.25. The van der Waals surface area contributed by atoms with E-state index in [2.05, 4.69) is 10.6 Å². The van der Waals surface area contributed by atoms with Gasteiger partial charge in [0, 0.05) is 17.6 Å². The van der Waals surface area contributed by atoms with Gasteiger partial charge in [-0.05, 0) is 49.9 Å². The summed E-state index contributed by atoms with van der Waals surface area (Å²) in [6.45, 7) is 5.71. The normalized spacial score (nSPS) is 13.9. The lowest BCUT2D eigenvalue weighted by molar-refractivity contribution is -0.124. The molecule has 0 radical (unpaired) electrons. The van der Waals surface area contributed by atoms with Crippen LogP contribution >= 0.6 is 0 Å². The van der Waals surface area contributed by atoms with E-state index in [1.54, 1.807) is 37.8 Å². The Balaban J connectivity index is 1.62. The van der Waals surface area contributed by atoms with Crippen molar-refractivity contribution in [2.75, 3.05) is 10.2 Å². The van der Waals surface area contributed by atoms with Gasteiger partial charge in [0.15, 0.2) is 0 Å². The SMILES string of the molecule is CC(C)(C)OC(=O)NCc1ccc(N2C(=O)CC(=O)Nc3c2ccc2ccccc32)cc1. The number of carbonyl (C=O) groups is 3. The minimum Gasteiger partial charge on any atom is -0.444 e. The summed E-state index contributed by atoms with van der Waals surface area (Å²) in [7, 11) is 0. The van der Waals surface area contributed by atoms with Gasteiger partial charge < -0.3 is 15.4 Å². The van der Waals surface area contributed by atoms with Crippen molar-refractivity contribution < 1.29 is 19.1 Å². The molecular formula is C25H25N3O4. The number of nitrogens with zero attached hydrogens (tertiary/aromatic N) is 1. The minimum atomic E-state index is -0.565. The Morgan fingerprint density at radius 2 is 1.75 bits per heavy atom. The summed E-state index contributed by atoms with van der Waals surface area (Å²) >= 11 is 0. The molecule has 1 heterocycles. The van der Waals surface area contributed by atoms with E-state index in [1.807, 2.05) is 48.5 Å². The molecule has 0 aromatic heterocycles. The molecule has 0 unspecified atom stereocenters. The summed E-state index contributed by atoms with van der Waals surface area (Å²) in [5.41, 5.74) is 2.18. The number of hydrogen-bond acceptors (Lipinski definition) is 4. The predicted octanol–water partition coefficient (Wildman–Crippen LogP) is 4.87. The van der Waals surface area contributed by atoms with E-state index in [0.29, 0.717) is 23.6 Å². The molecule has 0 saturated heterocycles. The second-order valence-electron chi connectivity index (χ2n) is 8.66. The van der Waals surface area contributed by atoms with E-state index in [-0.39, 0.29) is 18.2 Å². The molecule has 1 aliphatic heterocycles. The topological polar surface area (TPSA) is 87.7 Å². The zero-order valence-electron chi connectivity index (χ0n) is 18.3. The van der Waals surface area contributed by atoms with E-state index < -0.39 is 11.7 Å². The molecule has 0 fully saturated rings. The first kappa shape index (κ1) is 21.4. The number of alkyl carbamates (subject to hydrolysis) is 1. The fourth-order valence-corrected chi connectivity index (χ4v) is 3.65. The van der Waals surface area contributed by atoms with Crippen molar-refractivity contribution in [3.8, 4) is 0 Å². The van der Waals surface area contributed by atoms with Crippen LogP contribution in [0.15, 0.2) is 60.7 Å². The van der Waals surface area contributed by atoms with Gasteiger partial charge in [-0.15, -0.1) is 0 Å². The lowest BCUT2D eigenvalue weighted by Crippen LogP contribution is -2.32. The lowest BCUT2D eigenvalue weighted by Gasteiger charge is -2.23. The van der Waals surface area contributed by atoms with Crippen LogP contribution in [0.1, 0.15) is 32.8 Å². The maximum atomic E-state index is 12.9. The average molecular weight is 431 g/mol. The van der Waals surface area contributed by atoms with Crippen LogP contribution in [0.2, 0.25) is 0 Å². The Morgan fingerprint density at radius 1 is 1.03 bits per heavy atom. The van der Waals surface area contributed by atoms with Crippen molar-refractivity contribution in [1.29, 1.82) is 0 Å². The van der Waals surface area contributed by atoms with Crippen molar-refractivity contribution in [1.82, 2.24) is 5.32 Å². The number of anilines is 3. The van der Waals surface area contributed by atoms with Gasteiger partial charge in [0.05, 0.1) is 11.4 Å². The molecule has 2 N–H and O–H groups in total. The number of ether oxygens (including phenoxy) is 1. The molecule has 0 aliphatic carbocycles. The first-order valence-electron chi connectivity index (χ1n) is 10.4. The number of hydrogen-bond donors (Lipinski definition) is 2. The van der Waals surface area contributed by atoms with Crippen molar-refractivity contribution in [2.45, 2.75) is 39.3 Å². The van der Waals surface area contributed by atoms with Gasteiger partial charge in [-0.25, -0.2) is 4.79 Å². The van der Waals surface area contributed by atoms with Gasteiger partial charge in [0.25, 0.3) is 0 Å². The third-order valence-corrected chi connectivity index (χ3v) is 5.00. The van der Waals surface area contributed by atoms with Gasteiger partial charge in [0.1, 0.15) is 12.0 Å². The highest BCUT2D eigenvalue weighted by molar-refractivity contribution is 6.21. The molecule has 0 saturated carbocycles. The maximum Gasteiger partial charge on any atom is 0.407 e. The zero-order chi connectivity index (χ0) is 22.9. The quantitative estimate of drug-likeness (QED) is 0.579. The van der Waals surface area contributed by atoms with E-state index in [1.165, 1.54) is 0 Å². The Hall–Kier alpha value is -3.87. The molecule has 164 valence electrons. The highest BCUT2D eigenvalue weighted by atomic mass is 16.6. The largest absolute Gasteiger partial charge is 0.444 e. The van der Waals surface area contributed by atoms with Gasteiger partial charge in [-0.2, -0.15) is 0 Å². The Labute approximate surface area is 186 Å². The molecule has 4 rings (SSSR count). The molecule has 7 nitrogen and oxygen atoms in total. The first-order chi connectivity index (χ1) is 15.2. The molecule has 3 aromatic carbocycles. The summed E-state index contributed by atoms with van der Waals surface area (Å²) in [5, 5.41) is 7.46. The fraction of sp³-hybridized carbons (Fsp3) is 0.240. The van der Waals surface area contributed by atoms with Crippen LogP contribution in [-0.2, 0) is 20.9 Å². The summed E-state index contributed by atoms with van der Waals surface area (Å²) in [6, 6.07) is 18.8. The van der Waals surface area contributed by atoms with Crippen molar-refractivity contribution >= 4 is 45.7 Å². The predicted molar refractivity (Wildman–Crippen MR) is 124 cm³/mol. The molecule has 1 aliphatic rings. The van der Waals surface area contributed by atoms with E-state index >= 15 is 0 Å².